The van der Waals surface area contributed by atoms with E-state index in [-0.39, 0.29) is 5.91 Å². The van der Waals surface area contributed by atoms with E-state index in [1.165, 1.54) is 0 Å². The fraction of sp³-hybridized carbons (Fsp3) is 0.316. The maximum atomic E-state index is 11.9. The Morgan fingerprint density at radius 1 is 1.00 bits per heavy atom. The molecule has 2 rings (SSSR count). The Labute approximate surface area is 143 Å². The largest absolute Gasteiger partial charge is 0.497 e. The number of methoxy groups -OCH3 is 1. The van der Waals surface area contributed by atoms with Crippen molar-refractivity contribution in [3.8, 4) is 11.5 Å². The molecule has 0 aliphatic rings. The monoisotopic (exact) mass is 328 g/mol. The fourth-order valence-corrected chi connectivity index (χ4v) is 2.16. The number of nitrogens with zero attached hydrogens (tertiary/aromatic N) is 1. The molecule has 0 unspecified atom stereocenters. The minimum Gasteiger partial charge on any atom is -0.497 e. The molecule has 0 aliphatic carbocycles. The van der Waals surface area contributed by atoms with E-state index in [1.807, 2.05) is 67.5 Å². The van der Waals surface area contributed by atoms with Crippen molar-refractivity contribution >= 4 is 17.3 Å². The highest BCUT2D eigenvalue weighted by Crippen LogP contribution is 2.18. The third-order valence-corrected chi connectivity index (χ3v) is 3.54. The van der Waals surface area contributed by atoms with E-state index in [1.54, 1.807) is 7.11 Å². The molecule has 0 radical (unpaired) electrons. The van der Waals surface area contributed by atoms with Crippen molar-refractivity contribution in [2.24, 2.45) is 0 Å². The molecule has 0 heterocycles. The number of amides is 1. The number of nitrogens with one attached hydrogen (secondary N) is 1. The van der Waals surface area contributed by atoms with Gasteiger partial charge >= 0.3 is 0 Å². The molecule has 0 aromatic heterocycles. The molecule has 1 N–H and O–H groups in total. The van der Waals surface area contributed by atoms with Gasteiger partial charge in [0.05, 0.1) is 13.7 Å². The predicted molar refractivity (Wildman–Crippen MR) is 97.1 cm³/mol. The van der Waals surface area contributed by atoms with Gasteiger partial charge in [0.15, 0.2) is 0 Å². The van der Waals surface area contributed by atoms with E-state index in [0.29, 0.717) is 19.4 Å². The lowest BCUT2D eigenvalue weighted by atomic mass is 10.2. The van der Waals surface area contributed by atoms with Gasteiger partial charge in [-0.3, -0.25) is 4.79 Å². The van der Waals surface area contributed by atoms with Crippen LogP contribution in [0.2, 0.25) is 0 Å². The third-order valence-electron chi connectivity index (χ3n) is 3.54. The molecule has 0 spiro atoms. The first-order valence-corrected chi connectivity index (χ1v) is 7.92. The number of ether oxygens (including phenoxy) is 2. The Hall–Kier alpha value is -2.69. The van der Waals surface area contributed by atoms with Crippen LogP contribution < -0.4 is 19.7 Å². The van der Waals surface area contributed by atoms with Crippen molar-refractivity contribution in [3.63, 3.8) is 0 Å². The van der Waals surface area contributed by atoms with Crippen molar-refractivity contribution in [1.29, 1.82) is 0 Å². The summed E-state index contributed by atoms with van der Waals surface area (Å²) in [6.07, 6.45) is 1.08. The van der Waals surface area contributed by atoms with Crippen LogP contribution in [0.3, 0.4) is 0 Å². The quantitative estimate of drug-likeness (QED) is 0.753. The second-order valence-electron chi connectivity index (χ2n) is 5.62. The highest BCUT2D eigenvalue weighted by molar-refractivity contribution is 5.90. The van der Waals surface area contributed by atoms with Crippen LogP contribution in [-0.4, -0.2) is 33.7 Å². The molecule has 5 heteroatoms. The van der Waals surface area contributed by atoms with E-state index in [2.05, 4.69) is 5.32 Å². The van der Waals surface area contributed by atoms with Crippen LogP contribution in [0.5, 0.6) is 11.5 Å². The van der Waals surface area contributed by atoms with Crippen LogP contribution in [-0.2, 0) is 4.79 Å². The van der Waals surface area contributed by atoms with Gasteiger partial charge in [0.25, 0.3) is 0 Å². The van der Waals surface area contributed by atoms with Crippen LogP contribution in [0.4, 0.5) is 11.4 Å². The summed E-state index contributed by atoms with van der Waals surface area (Å²) >= 11 is 0. The van der Waals surface area contributed by atoms with Gasteiger partial charge in [-0.1, -0.05) is 0 Å². The molecule has 0 fully saturated rings. The summed E-state index contributed by atoms with van der Waals surface area (Å²) in [6, 6.07) is 15.2. The van der Waals surface area contributed by atoms with Gasteiger partial charge in [-0.25, -0.2) is 0 Å². The molecular formula is C19H24N2O3. The van der Waals surface area contributed by atoms with Crippen molar-refractivity contribution in [3.05, 3.63) is 48.5 Å². The minimum absolute atomic E-state index is 0.00839. The topological polar surface area (TPSA) is 50.8 Å². The molecule has 0 bridgehead atoms. The number of benzene rings is 2. The van der Waals surface area contributed by atoms with Crippen molar-refractivity contribution in [2.75, 3.05) is 38.0 Å². The number of carbonyl (C=O) groups excluding carboxylic acids is 1. The Morgan fingerprint density at radius 2 is 1.62 bits per heavy atom. The Bertz CT molecular complexity index is 637. The fourth-order valence-electron chi connectivity index (χ4n) is 2.16. The molecule has 1 amide bonds. The summed E-state index contributed by atoms with van der Waals surface area (Å²) in [6.45, 7) is 0.499. The van der Waals surface area contributed by atoms with Gasteiger partial charge in [-0.2, -0.15) is 0 Å². The van der Waals surface area contributed by atoms with E-state index < -0.39 is 0 Å². The zero-order valence-corrected chi connectivity index (χ0v) is 14.4. The van der Waals surface area contributed by atoms with E-state index in [4.69, 9.17) is 9.47 Å². The molecular weight excluding hydrogens is 304 g/mol. The number of anilines is 2. The van der Waals surface area contributed by atoms with Gasteiger partial charge in [-0.15, -0.1) is 0 Å². The number of hydrogen-bond donors (Lipinski definition) is 1. The molecule has 5 nitrogen and oxygen atoms in total. The van der Waals surface area contributed by atoms with Gasteiger partial charge < -0.3 is 19.7 Å². The summed E-state index contributed by atoms with van der Waals surface area (Å²) in [5, 5.41) is 2.89. The highest BCUT2D eigenvalue weighted by Gasteiger charge is 2.03. The Morgan fingerprint density at radius 3 is 2.21 bits per heavy atom. The van der Waals surface area contributed by atoms with Gasteiger partial charge in [-0.05, 0) is 55.0 Å². The van der Waals surface area contributed by atoms with Crippen molar-refractivity contribution in [1.82, 2.24) is 0 Å². The highest BCUT2D eigenvalue weighted by atomic mass is 16.5. The average Bonchev–Trinajstić information content (AvgIpc) is 2.59. The van der Waals surface area contributed by atoms with Crippen LogP contribution in [0.25, 0.3) is 0 Å². The molecule has 24 heavy (non-hydrogen) atoms. The molecule has 0 saturated heterocycles. The van der Waals surface area contributed by atoms with Crippen LogP contribution in [0, 0.1) is 0 Å². The smallest absolute Gasteiger partial charge is 0.224 e. The van der Waals surface area contributed by atoms with Crippen molar-refractivity contribution in [2.45, 2.75) is 12.8 Å². The maximum Gasteiger partial charge on any atom is 0.224 e. The predicted octanol–water partition coefficient (Wildman–Crippen LogP) is 3.56. The Balaban J connectivity index is 1.69. The first kappa shape index (κ1) is 17.7. The minimum atomic E-state index is -0.00839. The maximum absolute atomic E-state index is 11.9. The van der Waals surface area contributed by atoms with Crippen LogP contribution in [0.1, 0.15) is 12.8 Å². The average molecular weight is 328 g/mol. The zero-order chi connectivity index (χ0) is 17.4. The lowest BCUT2D eigenvalue weighted by Crippen LogP contribution is -2.13. The molecule has 2 aromatic carbocycles. The van der Waals surface area contributed by atoms with Crippen LogP contribution >= 0.6 is 0 Å². The first-order valence-electron chi connectivity index (χ1n) is 7.92. The second kappa shape index (κ2) is 8.82. The third kappa shape index (κ3) is 5.50. The lowest BCUT2D eigenvalue weighted by molar-refractivity contribution is -0.116. The molecule has 0 saturated carbocycles. The van der Waals surface area contributed by atoms with E-state index >= 15 is 0 Å². The summed E-state index contributed by atoms with van der Waals surface area (Å²) in [7, 11) is 5.59. The van der Waals surface area contributed by atoms with E-state index in [9.17, 15) is 4.79 Å². The second-order valence-corrected chi connectivity index (χ2v) is 5.62. The van der Waals surface area contributed by atoms with Crippen LogP contribution in [0.15, 0.2) is 48.5 Å². The number of carbonyl (C=O) groups is 1. The molecule has 0 aliphatic heterocycles. The molecule has 128 valence electrons. The van der Waals surface area contributed by atoms with E-state index in [0.717, 1.165) is 22.9 Å². The molecule has 0 atom stereocenters. The number of hydrogen-bond acceptors (Lipinski definition) is 4. The summed E-state index contributed by atoms with van der Waals surface area (Å²) in [5.74, 6) is 1.56. The van der Waals surface area contributed by atoms with Gasteiger partial charge in [0.1, 0.15) is 11.5 Å². The first-order chi connectivity index (χ1) is 11.6. The summed E-state index contributed by atoms with van der Waals surface area (Å²) in [4.78, 5) is 13.9. The lowest BCUT2D eigenvalue weighted by Gasteiger charge is -2.13. The Kier molecular flexibility index (Phi) is 6.49. The van der Waals surface area contributed by atoms with Gasteiger partial charge in [0.2, 0.25) is 5.91 Å². The van der Waals surface area contributed by atoms with Crippen molar-refractivity contribution < 1.29 is 14.3 Å². The summed E-state index contributed by atoms with van der Waals surface area (Å²) < 4.78 is 10.7. The summed E-state index contributed by atoms with van der Waals surface area (Å²) in [5.41, 5.74) is 1.91. The normalized spacial score (nSPS) is 10.1. The SMILES string of the molecule is COc1ccc(OCCCC(=O)Nc2ccc(N(C)C)cc2)cc1. The van der Waals surface area contributed by atoms with Gasteiger partial charge in [0, 0.05) is 31.9 Å². The zero-order valence-electron chi connectivity index (χ0n) is 14.4. The molecule has 2 aromatic rings. The standard InChI is InChI=1S/C19H24N2O3/c1-21(2)16-8-6-15(7-9-16)20-19(22)5-4-14-24-18-12-10-17(23-3)11-13-18/h6-13H,4-5,14H2,1-3H3,(H,20,22). The number of rotatable bonds is 8.